The number of aliphatic hydroxyl groups excluding tert-OH is 1. The minimum Gasteiger partial charge on any atom is -0.439 e. The van der Waals surface area contributed by atoms with Crippen molar-refractivity contribution in [1.29, 1.82) is 0 Å². The molecule has 1 amide bonds. The van der Waals surface area contributed by atoms with Crippen LogP contribution in [0.3, 0.4) is 0 Å². The third-order valence-corrected chi connectivity index (χ3v) is 2.43. The zero-order valence-corrected chi connectivity index (χ0v) is 9.86. The molecule has 0 heterocycles. The van der Waals surface area contributed by atoms with E-state index >= 15 is 0 Å². The van der Waals surface area contributed by atoms with Gasteiger partial charge < -0.3 is 15.2 Å². The van der Waals surface area contributed by atoms with Crippen LogP contribution in [0.4, 0.5) is 4.79 Å². The first-order valence-electron chi connectivity index (χ1n) is 4.87. The van der Waals surface area contributed by atoms with Gasteiger partial charge in [0.15, 0.2) is 6.10 Å². The van der Waals surface area contributed by atoms with Crippen LogP contribution in [-0.4, -0.2) is 24.4 Å². The molecule has 0 saturated heterocycles. The summed E-state index contributed by atoms with van der Waals surface area (Å²) in [5.41, 5.74) is 0.586. The van der Waals surface area contributed by atoms with Crippen molar-refractivity contribution in [3.8, 4) is 0 Å². The molecule has 5 heteroatoms. The zero-order valence-electron chi connectivity index (χ0n) is 9.11. The van der Waals surface area contributed by atoms with Gasteiger partial charge in [-0.2, -0.15) is 0 Å². The van der Waals surface area contributed by atoms with E-state index in [1.165, 1.54) is 14.0 Å². The fourth-order valence-corrected chi connectivity index (χ4v) is 1.55. The molecular weight excluding hydrogens is 230 g/mol. The molecule has 0 fully saturated rings. The van der Waals surface area contributed by atoms with Gasteiger partial charge >= 0.3 is 6.09 Å². The van der Waals surface area contributed by atoms with Gasteiger partial charge in [0, 0.05) is 17.6 Å². The molecule has 1 aromatic carbocycles. The van der Waals surface area contributed by atoms with Crippen LogP contribution >= 0.6 is 11.6 Å². The molecule has 0 spiro atoms. The number of nitrogens with one attached hydrogen (secondary N) is 1. The maximum Gasteiger partial charge on any atom is 0.407 e. The highest BCUT2D eigenvalue weighted by atomic mass is 35.5. The number of carbonyl (C=O) groups is 1. The van der Waals surface area contributed by atoms with Crippen LogP contribution in [0.15, 0.2) is 24.3 Å². The van der Waals surface area contributed by atoms with E-state index in [0.717, 1.165) is 0 Å². The van der Waals surface area contributed by atoms with E-state index in [-0.39, 0.29) is 0 Å². The molecule has 2 N–H and O–H groups in total. The predicted octanol–water partition coefficient (Wildman–Crippen LogP) is 2.12. The van der Waals surface area contributed by atoms with Crippen molar-refractivity contribution < 1.29 is 14.6 Å². The number of carbonyl (C=O) groups excluding carboxylic acids is 1. The van der Waals surface area contributed by atoms with Crippen molar-refractivity contribution in [2.75, 3.05) is 7.05 Å². The molecule has 1 rings (SSSR count). The molecule has 0 aliphatic rings. The summed E-state index contributed by atoms with van der Waals surface area (Å²) >= 11 is 5.97. The van der Waals surface area contributed by atoms with Gasteiger partial charge in [-0.25, -0.2) is 4.79 Å². The number of ether oxygens (including phenoxy) is 1. The van der Waals surface area contributed by atoms with Gasteiger partial charge in [0.1, 0.15) is 0 Å². The normalized spacial score (nSPS) is 14.0. The lowest BCUT2D eigenvalue weighted by Gasteiger charge is -2.21. The maximum absolute atomic E-state index is 11.1. The Morgan fingerprint density at radius 3 is 2.62 bits per heavy atom. The van der Waals surface area contributed by atoms with Crippen LogP contribution < -0.4 is 5.32 Å². The van der Waals surface area contributed by atoms with Crippen molar-refractivity contribution in [1.82, 2.24) is 5.32 Å². The quantitative estimate of drug-likeness (QED) is 0.855. The van der Waals surface area contributed by atoms with Crippen molar-refractivity contribution in [3.05, 3.63) is 34.9 Å². The highest BCUT2D eigenvalue weighted by molar-refractivity contribution is 6.31. The molecule has 0 aliphatic heterocycles. The van der Waals surface area contributed by atoms with Gasteiger partial charge in [-0.15, -0.1) is 0 Å². The lowest BCUT2D eigenvalue weighted by molar-refractivity contribution is 0.0115. The monoisotopic (exact) mass is 243 g/mol. The molecule has 0 unspecified atom stereocenters. The summed E-state index contributed by atoms with van der Waals surface area (Å²) in [4.78, 5) is 11.1. The second-order valence-corrected chi connectivity index (χ2v) is 3.75. The van der Waals surface area contributed by atoms with Crippen molar-refractivity contribution in [2.24, 2.45) is 0 Å². The predicted molar refractivity (Wildman–Crippen MR) is 61.4 cm³/mol. The zero-order chi connectivity index (χ0) is 12.1. The van der Waals surface area contributed by atoms with E-state index in [4.69, 9.17) is 16.3 Å². The Kier molecular flexibility index (Phi) is 4.58. The molecule has 88 valence electrons. The van der Waals surface area contributed by atoms with Gasteiger partial charge in [0.2, 0.25) is 0 Å². The van der Waals surface area contributed by atoms with Crippen LogP contribution in [0.5, 0.6) is 0 Å². The molecule has 2 atom stereocenters. The summed E-state index contributed by atoms with van der Waals surface area (Å²) in [6.07, 6.45) is -2.21. The summed E-state index contributed by atoms with van der Waals surface area (Å²) in [7, 11) is 1.45. The van der Waals surface area contributed by atoms with Gasteiger partial charge in [-0.1, -0.05) is 29.8 Å². The topological polar surface area (TPSA) is 58.6 Å². The van der Waals surface area contributed by atoms with E-state index in [2.05, 4.69) is 5.32 Å². The van der Waals surface area contributed by atoms with E-state index < -0.39 is 18.3 Å². The summed E-state index contributed by atoms with van der Waals surface area (Å²) in [5.74, 6) is 0. The SMILES string of the molecule is CNC(=O)O[C@H](c1ccccc1Cl)[C@@H](C)O. The average Bonchev–Trinajstić information content (AvgIpc) is 2.26. The Morgan fingerprint density at radius 1 is 1.50 bits per heavy atom. The second-order valence-electron chi connectivity index (χ2n) is 3.34. The van der Waals surface area contributed by atoms with Gasteiger partial charge in [-0.05, 0) is 13.0 Å². The Bertz CT molecular complexity index is 368. The van der Waals surface area contributed by atoms with E-state index in [0.29, 0.717) is 10.6 Å². The van der Waals surface area contributed by atoms with Gasteiger partial charge in [0.25, 0.3) is 0 Å². The summed E-state index contributed by atoms with van der Waals surface area (Å²) < 4.78 is 5.04. The maximum atomic E-state index is 11.1. The first-order chi connectivity index (χ1) is 7.56. The Balaban J connectivity index is 2.94. The largest absolute Gasteiger partial charge is 0.439 e. The molecule has 1 aromatic rings. The van der Waals surface area contributed by atoms with Crippen molar-refractivity contribution in [2.45, 2.75) is 19.1 Å². The fourth-order valence-electron chi connectivity index (χ4n) is 1.30. The van der Waals surface area contributed by atoms with Crippen LogP contribution in [0.2, 0.25) is 5.02 Å². The number of benzene rings is 1. The molecule has 0 aliphatic carbocycles. The van der Waals surface area contributed by atoms with E-state index in [9.17, 15) is 9.90 Å². The molecule has 0 radical (unpaired) electrons. The molecule has 0 bridgehead atoms. The van der Waals surface area contributed by atoms with E-state index in [1.54, 1.807) is 24.3 Å². The molecular formula is C11H14ClNO3. The highest BCUT2D eigenvalue weighted by Crippen LogP contribution is 2.28. The number of rotatable bonds is 3. The Hall–Kier alpha value is -1.26. The van der Waals surface area contributed by atoms with Crippen LogP contribution in [0.25, 0.3) is 0 Å². The lowest BCUT2D eigenvalue weighted by Crippen LogP contribution is -2.27. The number of amides is 1. The van der Waals surface area contributed by atoms with Crippen LogP contribution in [-0.2, 0) is 4.74 Å². The smallest absolute Gasteiger partial charge is 0.407 e. The number of aliphatic hydroxyl groups is 1. The second kappa shape index (κ2) is 5.72. The van der Waals surface area contributed by atoms with Gasteiger partial charge in [-0.3, -0.25) is 0 Å². The molecule has 0 aromatic heterocycles. The standard InChI is InChI=1S/C11H14ClNO3/c1-7(14)10(16-11(15)13-2)8-5-3-4-6-9(8)12/h3-7,10,14H,1-2H3,(H,13,15)/t7-,10+/m1/s1. The van der Waals surface area contributed by atoms with Crippen molar-refractivity contribution in [3.63, 3.8) is 0 Å². The highest BCUT2D eigenvalue weighted by Gasteiger charge is 2.23. The number of halogens is 1. The minimum atomic E-state index is -0.836. The summed E-state index contributed by atoms with van der Waals surface area (Å²) in [6, 6.07) is 6.93. The molecule has 0 saturated carbocycles. The van der Waals surface area contributed by atoms with Crippen LogP contribution in [0.1, 0.15) is 18.6 Å². The van der Waals surface area contributed by atoms with Crippen molar-refractivity contribution >= 4 is 17.7 Å². The first-order valence-corrected chi connectivity index (χ1v) is 5.25. The number of hydrogen-bond donors (Lipinski definition) is 2. The lowest BCUT2D eigenvalue weighted by atomic mass is 10.1. The average molecular weight is 244 g/mol. The molecule has 4 nitrogen and oxygen atoms in total. The Morgan fingerprint density at radius 2 is 2.12 bits per heavy atom. The number of alkyl carbamates (subject to hydrolysis) is 1. The third-order valence-electron chi connectivity index (χ3n) is 2.09. The summed E-state index contributed by atoms with van der Waals surface area (Å²) in [6.45, 7) is 1.54. The Labute approximate surface area is 99.2 Å². The van der Waals surface area contributed by atoms with Gasteiger partial charge in [0.05, 0.1) is 6.10 Å². The van der Waals surface area contributed by atoms with Crippen LogP contribution in [0, 0.1) is 0 Å². The summed E-state index contributed by atoms with van der Waals surface area (Å²) in [5, 5.41) is 12.4. The fraction of sp³-hybridized carbons (Fsp3) is 0.364. The number of hydrogen-bond acceptors (Lipinski definition) is 3. The third kappa shape index (κ3) is 3.12. The first kappa shape index (κ1) is 12.8. The minimum absolute atomic E-state index is 0.456. The molecule has 16 heavy (non-hydrogen) atoms. The van der Waals surface area contributed by atoms with E-state index in [1.807, 2.05) is 0 Å².